The summed E-state index contributed by atoms with van der Waals surface area (Å²) >= 11 is 0. The van der Waals surface area contributed by atoms with Crippen LogP contribution in [0.1, 0.15) is 18.6 Å². The van der Waals surface area contributed by atoms with Crippen LogP contribution in [0.5, 0.6) is 0 Å². The monoisotopic (exact) mass is 210 g/mol. The van der Waals surface area contributed by atoms with Crippen LogP contribution >= 0.6 is 0 Å². The number of hydrogen-bond acceptors (Lipinski definition) is 3. The first-order valence-electron chi connectivity index (χ1n) is 5.06. The van der Waals surface area contributed by atoms with Crippen LogP contribution in [-0.2, 0) is 16.0 Å². The maximum Gasteiger partial charge on any atom is 0.310 e. The summed E-state index contributed by atoms with van der Waals surface area (Å²) in [7, 11) is 0. The number of carboxylic acid groups (broad SMARTS) is 1. The number of furan rings is 1. The van der Waals surface area contributed by atoms with Crippen LogP contribution in [0, 0.1) is 5.41 Å². The molecule has 1 N–H and O–H groups in total. The minimum absolute atomic E-state index is 0.457. The number of ether oxygens (including phenoxy) is 1. The highest BCUT2D eigenvalue weighted by Gasteiger charge is 2.40. The molecule has 15 heavy (non-hydrogen) atoms. The number of aliphatic carboxylic acids is 1. The average Bonchev–Trinajstić information content (AvgIpc) is 2.71. The van der Waals surface area contributed by atoms with Gasteiger partial charge in [-0.2, -0.15) is 0 Å². The molecule has 0 aliphatic carbocycles. The van der Waals surface area contributed by atoms with Crippen molar-refractivity contribution in [1.82, 2.24) is 0 Å². The van der Waals surface area contributed by atoms with Crippen LogP contribution in [0.3, 0.4) is 0 Å². The fourth-order valence-electron chi connectivity index (χ4n) is 1.98. The van der Waals surface area contributed by atoms with E-state index in [9.17, 15) is 9.90 Å². The molecule has 1 aliphatic heterocycles. The van der Waals surface area contributed by atoms with Crippen molar-refractivity contribution in [2.45, 2.75) is 19.3 Å². The van der Waals surface area contributed by atoms with Gasteiger partial charge in [0.05, 0.1) is 11.7 Å². The second-order valence-electron chi connectivity index (χ2n) is 3.95. The maximum atomic E-state index is 11.3. The van der Waals surface area contributed by atoms with Crippen molar-refractivity contribution in [1.29, 1.82) is 0 Å². The van der Waals surface area contributed by atoms with Crippen molar-refractivity contribution in [2.75, 3.05) is 13.2 Å². The molecule has 1 fully saturated rings. The van der Waals surface area contributed by atoms with Gasteiger partial charge >= 0.3 is 5.97 Å². The Labute approximate surface area is 87.8 Å². The van der Waals surface area contributed by atoms with E-state index in [1.807, 2.05) is 6.07 Å². The molecule has 0 unspecified atom stereocenters. The molecule has 0 bridgehead atoms. The Morgan fingerprint density at radius 3 is 2.73 bits per heavy atom. The largest absolute Gasteiger partial charge is 0.481 e. The fraction of sp³-hybridized carbons (Fsp3) is 0.545. The SMILES string of the molecule is O=C(O)C1(Cc2ccco2)CCOCC1. The van der Waals surface area contributed by atoms with Crippen molar-refractivity contribution in [3.05, 3.63) is 24.2 Å². The third kappa shape index (κ3) is 2.04. The summed E-state index contributed by atoms with van der Waals surface area (Å²) in [6, 6.07) is 3.60. The summed E-state index contributed by atoms with van der Waals surface area (Å²) < 4.78 is 10.4. The summed E-state index contributed by atoms with van der Waals surface area (Å²) in [6.07, 6.45) is 3.15. The molecule has 0 spiro atoms. The van der Waals surface area contributed by atoms with Crippen LogP contribution in [0.2, 0.25) is 0 Å². The molecular weight excluding hydrogens is 196 g/mol. The van der Waals surface area contributed by atoms with Crippen molar-refractivity contribution < 1.29 is 19.1 Å². The van der Waals surface area contributed by atoms with Gasteiger partial charge < -0.3 is 14.3 Å². The number of carboxylic acids is 1. The second kappa shape index (κ2) is 4.06. The summed E-state index contributed by atoms with van der Waals surface area (Å²) in [5, 5.41) is 9.29. The molecule has 2 rings (SSSR count). The molecule has 0 atom stereocenters. The van der Waals surface area contributed by atoms with Crippen LogP contribution < -0.4 is 0 Å². The normalized spacial score (nSPS) is 20.0. The van der Waals surface area contributed by atoms with Gasteiger partial charge in [0.2, 0.25) is 0 Å². The fourth-order valence-corrected chi connectivity index (χ4v) is 1.98. The van der Waals surface area contributed by atoms with Crippen molar-refractivity contribution in [2.24, 2.45) is 5.41 Å². The summed E-state index contributed by atoms with van der Waals surface area (Å²) in [5.41, 5.74) is -0.698. The standard InChI is InChI=1S/C11H14O4/c12-10(13)11(3-6-14-7-4-11)8-9-2-1-5-15-9/h1-2,5H,3-4,6-8H2,(H,12,13). The first kappa shape index (κ1) is 10.2. The van der Waals surface area contributed by atoms with E-state index in [0.717, 1.165) is 5.76 Å². The van der Waals surface area contributed by atoms with Gasteiger partial charge in [0.15, 0.2) is 0 Å². The minimum Gasteiger partial charge on any atom is -0.481 e. The lowest BCUT2D eigenvalue weighted by atomic mass is 9.77. The quantitative estimate of drug-likeness (QED) is 0.824. The highest BCUT2D eigenvalue weighted by molar-refractivity contribution is 5.75. The van der Waals surface area contributed by atoms with E-state index in [1.165, 1.54) is 0 Å². The molecule has 1 aromatic heterocycles. The molecule has 1 aliphatic rings. The number of carbonyl (C=O) groups is 1. The summed E-state index contributed by atoms with van der Waals surface area (Å²) in [4.78, 5) is 11.3. The van der Waals surface area contributed by atoms with Gasteiger partial charge in [-0.25, -0.2) is 0 Å². The number of rotatable bonds is 3. The van der Waals surface area contributed by atoms with Crippen LogP contribution in [0.25, 0.3) is 0 Å². The van der Waals surface area contributed by atoms with Gasteiger partial charge in [-0.15, -0.1) is 0 Å². The molecule has 82 valence electrons. The Bertz CT molecular complexity index is 322. The van der Waals surface area contributed by atoms with E-state index in [2.05, 4.69) is 0 Å². The van der Waals surface area contributed by atoms with Crippen molar-refractivity contribution in [3.8, 4) is 0 Å². The van der Waals surface area contributed by atoms with Gasteiger partial charge in [0, 0.05) is 19.6 Å². The maximum absolute atomic E-state index is 11.3. The lowest BCUT2D eigenvalue weighted by molar-refractivity contribution is -0.155. The third-order valence-electron chi connectivity index (χ3n) is 3.00. The smallest absolute Gasteiger partial charge is 0.310 e. The molecule has 4 nitrogen and oxygen atoms in total. The Morgan fingerprint density at radius 2 is 2.20 bits per heavy atom. The average molecular weight is 210 g/mol. The van der Waals surface area contributed by atoms with Gasteiger partial charge in [0.1, 0.15) is 5.76 Å². The molecule has 2 heterocycles. The zero-order valence-corrected chi connectivity index (χ0v) is 8.44. The molecule has 1 aromatic rings. The van der Waals surface area contributed by atoms with E-state index in [-0.39, 0.29) is 0 Å². The Balaban J connectivity index is 2.15. The molecular formula is C11H14O4. The van der Waals surface area contributed by atoms with E-state index < -0.39 is 11.4 Å². The Kier molecular flexibility index (Phi) is 2.77. The first-order chi connectivity index (χ1) is 7.23. The Morgan fingerprint density at radius 1 is 1.47 bits per heavy atom. The Hall–Kier alpha value is -1.29. The highest BCUT2D eigenvalue weighted by atomic mass is 16.5. The predicted molar refractivity (Wildman–Crippen MR) is 52.5 cm³/mol. The molecule has 0 amide bonds. The van der Waals surface area contributed by atoms with Gasteiger partial charge in [0.25, 0.3) is 0 Å². The molecule has 0 saturated carbocycles. The molecule has 1 saturated heterocycles. The van der Waals surface area contributed by atoms with Crippen LogP contribution in [-0.4, -0.2) is 24.3 Å². The zero-order chi connectivity index (χ0) is 10.7. The van der Waals surface area contributed by atoms with Crippen molar-refractivity contribution >= 4 is 5.97 Å². The van der Waals surface area contributed by atoms with Crippen LogP contribution in [0.15, 0.2) is 22.8 Å². The van der Waals surface area contributed by atoms with E-state index in [1.54, 1.807) is 12.3 Å². The molecule has 0 radical (unpaired) electrons. The highest BCUT2D eigenvalue weighted by Crippen LogP contribution is 2.34. The molecule has 0 aromatic carbocycles. The van der Waals surface area contributed by atoms with Gasteiger partial charge in [-0.3, -0.25) is 4.79 Å². The lowest BCUT2D eigenvalue weighted by Crippen LogP contribution is -2.39. The minimum atomic E-state index is -0.748. The van der Waals surface area contributed by atoms with E-state index >= 15 is 0 Å². The van der Waals surface area contributed by atoms with Gasteiger partial charge in [-0.1, -0.05) is 0 Å². The predicted octanol–water partition coefficient (Wildman–Crippen LogP) is 1.70. The second-order valence-corrected chi connectivity index (χ2v) is 3.95. The zero-order valence-electron chi connectivity index (χ0n) is 8.44. The third-order valence-corrected chi connectivity index (χ3v) is 3.00. The van der Waals surface area contributed by atoms with Gasteiger partial charge in [-0.05, 0) is 25.0 Å². The topological polar surface area (TPSA) is 59.7 Å². The van der Waals surface area contributed by atoms with Crippen molar-refractivity contribution in [3.63, 3.8) is 0 Å². The van der Waals surface area contributed by atoms with E-state index in [0.29, 0.717) is 32.5 Å². The first-order valence-corrected chi connectivity index (χ1v) is 5.06. The number of hydrogen-bond donors (Lipinski definition) is 1. The van der Waals surface area contributed by atoms with Crippen LogP contribution in [0.4, 0.5) is 0 Å². The summed E-state index contributed by atoms with van der Waals surface area (Å²) in [6.45, 7) is 1.04. The van der Waals surface area contributed by atoms with E-state index in [4.69, 9.17) is 9.15 Å². The summed E-state index contributed by atoms with van der Waals surface area (Å²) in [5.74, 6) is -0.0125. The lowest BCUT2D eigenvalue weighted by Gasteiger charge is -2.32. The molecule has 4 heteroatoms.